The SMILES string of the molecule is CCCC1(C(=O)Nc2c(C)cc(Br)cc2C)CCCN1. The van der Waals surface area contributed by atoms with Crippen molar-refractivity contribution in [1.82, 2.24) is 5.32 Å². The number of carbonyl (C=O) groups excluding carboxylic acids is 1. The number of rotatable bonds is 4. The lowest BCUT2D eigenvalue weighted by molar-refractivity contribution is -0.122. The number of aryl methyl sites for hydroxylation is 2. The van der Waals surface area contributed by atoms with Gasteiger partial charge in [-0.2, -0.15) is 0 Å². The number of hydrogen-bond acceptors (Lipinski definition) is 2. The van der Waals surface area contributed by atoms with Crippen LogP contribution in [0.2, 0.25) is 0 Å². The fourth-order valence-corrected chi connectivity index (χ4v) is 3.78. The Bertz CT molecular complexity index is 484. The first kappa shape index (κ1) is 15.5. The average molecular weight is 339 g/mol. The van der Waals surface area contributed by atoms with Crippen LogP contribution in [-0.2, 0) is 4.79 Å². The van der Waals surface area contributed by atoms with Gasteiger partial charge in [0, 0.05) is 10.2 Å². The Labute approximate surface area is 129 Å². The molecule has 2 N–H and O–H groups in total. The van der Waals surface area contributed by atoms with E-state index < -0.39 is 0 Å². The number of amides is 1. The summed E-state index contributed by atoms with van der Waals surface area (Å²) in [6.07, 6.45) is 3.92. The Hall–Kier alpha value is -0.870. The predicted octanol–water partition coefficient (Wildman–Crippen LogP) is 3.93. The quantitative estimate of drug-likeness (QED) is 0.873. The van der Waals surface area contributed by atoms with E-state index in [0.717, 1.165) is 53.5 Å². The Morgan fingerprint density at radius 1 is 1.40 bits per heavy atom. The molecule has 4 heteroatoms. The van der Waals surface area contributed by atoms with Crippen LogP contribution in [-0.4, -0.2) is 18.0 Å². The smallest absolute Gasteiger partial charge is 0.244 e. The highest BCUT2D eigenvalue weighted by Crippen LogP contribution is 2.29. The van der Waals surface area contributed by atoms with Gasteiger partial charge >= 0.3 is 0 Å². The lowest BCUT2D eigenvalue weighted by Gasteiger charge is -2.28. The molecule has 2 rings (SSSR count). The third-order valence-electron chi connectivity index (χ3n) is 4.09. The van der Waals surface area contributed by atoms with Crippen LogP contribution in [0, 0.1) is 13.8 Å². The Kier molecular flexibility index (Phi) is 4.86. The van der Waals surface area contributed by atoms with Gasteiger partial charge in [-0.1, -0.05) is 29.3 Å². The minimum Gasteiger partial charge on any atom is -0.324 e. The van der Waals surface area contributed by atoms with E-state index in [4.69, 9.17) is 0 Å². The molecule has 1 fully saturated rings. The summed E-state index contributed by atoms with van der Waals surface area (Å²) in [5.74, 6) is 0.116. The number of nitrogens with one attached hydrogen (secondary N) is 2. The summed E-state index contributed by atoms with van der Waals surface area (Å²) in [5.41, 5.74) is 2.76. The lowest BCUT2D eigenvalue weighted by atomic mass is 9.90. The molecule has 110 valence electrons. The molecule has 0 radical (unpaired) electrons. The van der Waals surface area contributed by atoms with Crippen LogP contribution in [0.15, 0.2) is 16.6 Å². The molecule has 1 amide bonds. The van der Waals surface area contributed by atoms with Gasteiger partial charge in [-0.3, -0.25) is 4.79 Å². The molecule has 1 atom stereocenters. The van der Waals surface area contributed by atoms with Gasteiger partial charge in [0.05, 0.1) is 5.54 Å². The van der Waals surface area contributed by atoms with Crippen LogP contribution in [0.4, 0.5) is 5.69 Å². The van der Waals surface area contributed by atoms with E-state index in [2.05, 4.69) is 33.5 Å². The van der Waals surface area contributed by atoms with E-state index >= 15 is 0 Å². The highest BCUT2D eigenvalue weighted by Gasteiger charge is 2.40. The molecule has 0 spiro atoms. The van der Waals surface area contributed by atoms with E-state index in [0.29, 0.717) is 0 Å². The van der Waals surface area contributed by atoms with Gasteiger partial charge in [-0.15, -0.1) is 0 Å². The first-order chi connectivity index (χ1) is 9.48. The zero-order valence-corrected chi connectivity index (χ0v) is 14.1. The van der Waals surface area contributed by atoms with Gasteiger partial charge in [-0.05, 0) is 62.9 Å². The molecule has 1 heterocycles. The molecular weight excluding hydrogens is 316 g/mol. The van der Waals surface area contributed by atoms with Crippen molar-refractivity contribution in [2.24, 2.45) is 0 Å². The van der Waals surface area contributed by atoms with Crippen molar-refractivity contribution in [2.45, 2.75) is 52.0 Å². The molecule has 0 bridgehead atoms. The molecule has 1 aliphatic heterocycles. The fourth-order valence-electron chi connectivity index (χ4n) is 3.09. The standard InChI is InChI=1S/C16H23BrN2O/c1-4-6-16(7-5-8-18-16)15(20)19-14-11(2)9-13(17)10-12(14)3/h9-10,18H,4-8H2,1-3H3,(H,19,20). The summed E-state index contributed by atoms with van der Waals surface area (Å²) >= 11 is 3.49. The second kappa shape index (κ2) is 6.27. The Balaban J connectivity index is 2.23. The first-order valence-corrected chi connectivity index (χ1v) is 8.11. The highest BCUT2D eigenvalue weighted by atomic mass is 79.9. The fraction of sp³-hybridized carbons (Fsp3) is 0.562. The Morgan fingerprint density at radius 3 is 2.55 bits per heavy atom. The normalized spacial score (nSPS) is 22.0. The van der Waals surface area contributed by atoms with Crippen LogP contribution in [0.3, 0.4) is 0 Å². The van der Waals surface area contributed by atoms with E-state index in [1.54, 1.807) is 0 Å². The van der Waals surface area contributed by atoms with Gasteiger partial charge in [-0.25, -0.2) is 0 Å². The largest absolute Gasteiger partial charge is 0.324 e. The number of benzene rings is 1. The van der Waals surface area contributed by atoms with Crippen molar-refractivity contribution in [3.8, 4) is 0 Å². The van der Waals surface area contributed by atoms with Crippen molar-refractivity contribution >= 4 is 27.5 Å². The topological polar surface area (TPSA) is 41.1 Å². The number of halogens is 1. The molecule has 1 aromatic rings. The van der Waals surface area contributed by atoms with E-state index in [9.17, 15) is 4.79 Å². The molecule has 3 nitrogen and oxygen atoms in total. The zero-order chi connectivity index (χ0) is 14.8. The van der Waals surface area contributed by atoms with E-state index in [1.807, 2.05) is 26.0 Å². The van der Waals surface area contributed by atoms with Crippen LogP contribution >= 0.6 is 15.9 Å². The maximum Gasteiger partial charge on any atom is 0.244 e. The number of carbonyl (C=O) groups is 1. The molecule has 20 heavy (non-hydrogen) atoms. The van der Waals surface area contributed by atoms with Crippen molar-refractivity contribution < 1.29 is 4.79 Å². The minimum absolute atomic E-state index is 0.116. The molecule has 1 aliphatic rings. The van der Waals surface area contributed by atoms with Crippen molar-refractivity contribution in [2.75, 3.05) is 11.9 Å². The molecule has 1 unspecified atom stereocenters. The molecule has 0 saturated carbocycles. The maximum atomic E-state index is 12.7. The first-order valence-electron chi connectivity index (χ1n) is 7.32. The van der Waals surface area contributed by atoms with Crippen LogP contribution in [0.5, 0.6) is 0 Å². The summed E-state index contributed by atoms with van der Waals surface area (Å²) in [5, 5.41) is 6.57. The van der Waals surface area contributed by atoms with Gasteiger partial charge in [0.25, 0.3) is 0 Å². The monoisotopic (exact) mass is 338 g/mol. The molecule has 1 saturated heterocycles. The third kappa shape index (κ3) is 3.07. The van der Waals surface area contributed by atoms with Gasteiger partial charge < -0.3 is 10.6 Å². The zero-order valence-electron chi connectivity index (χ0n) is 12.5. The molecule has 0 aromatic heterocycles. The summed E-state index contributed by atoms with van der Waals surface area (Å²) in [6, 6.07) is 4.08. The maximum absolute atomic E-state index is 12.7. The van der Waals surface area contributed by atoms with Crippen molar-refractivity contribution in [3.63, 3.8) is 0 Å². The van der Waals surface area contributed by atoms with Crippen LogP contribution in [0.25, 0.3) is 0 Å². The second-order valence-electron chi connectivity index (χ2n) is 5.73. The molecule has 0 aliphatic carbocycles. The van der Waals surface area contributed by atoms with Crippen LogP contribution in [0.1, 0.15) is 43.7 Å². The minimum atomic E-state index is -0.374. The number of anilines is 1. The second-order valence-corrected chi connectivity index (χ2v) is 6.65. The van der Waals surface area contributed by atoms with E-state index in [-0.39, 0.29) is 11.4 Å². The number of hydrogen-bond donors (Lipinski definition) is 2. The van der Waals surface area contributed by atoms with E-state index in [1.165, 1.54) is 0 Å². The van der Waals surface area contributed by atoms with Crippen LogP contribution < -0.4 is 10.6 Å². The van der Waals surface area contributed by atoms with Gasteiger partial charge in [0.2, 0.25) is 5.91 Å². The highest BCUT2D eigenvalue weighted by molar-refractivity contribution is 9.10. The third-order valence-corrected chi connectivity index (χ3v) is 4.55. The van der Waals surface area contributed by atoms with Crippen molar-refractivity contribution in [1.29, 1.82) is 0 Å². The molecule has 1 aromatic carbocycles. The van der Waals surface area contributed by atoms with Crippen molar-refractivity contribution in [3.05, 3.63) is 27.7 Å². The average Bonchev–Trinajstić information content (AvgIpc) is 2.83. The predicted molar refractivity (Wildman–Crippen MR) is 87.1 cm³/mol. The van der Waals surface area contributed by atoms with Gasteiger partial charge in [0.15, 0.2) is 0 Å². The van der Waals surface area contributed by atoms with Gasteiger partial charge in [0.1, 0.15) is 0 Å². The summed E-state index contributed by atoms with van der Waals surface area (Å²) < 4.78 is 1.05. The lowest BCUT2D eigenvalue weighted by Crippen LogP contribution is -2.50. The molecular formula is C16H23BrN2O. The summed E-state index contributed by atoms with van der Waals surface area (Å²) in [4.78, 5) is 12.7. The Morgan fingerprint density at radius 2 is 2.05 bits per heavy atom. The summed E-state index contributed by atoms with van der Waals surface area (Å²) in [6.45, 7) is 7.13. The summed E-state index contributed by atoms with van der Waals surface area (Å²) in [7, 11) is 0.